The summed E-state index contributed by atoms with van der Waals surface area (Å²) in [5.74, 6) is 0.0419. The standard InChI is InChI=1S/C28H23Cl2F3N4O2/c1-3-39-23-16-19(28(31,32)33)8-13-22(23)26-35-24(17-4-9-20(29)10-5-17)25(18-6-11-21(30)12-7-18)37(26)27(38)36(2)15-14-34/h4-13,16,24-25H,3,15H2,1-2H3. The van der Waals surface area contributed by atoms with E-state index in [0.29, 0.717) is 15.6 Å². The molecule has 4 rings (SSSR count). The lowest BCUT2D eigenvalue weighted by atomic mass is 9.93. The number of ether oxygens (including phenoxy) is 1. The summed E-state index contributed by atoms with van der Waals surface area (Å²) in [4.78, 5) is 21.4. The smallest absolute Gasteiger partial charge is 0.416 e. The Hall–Kier alpha value is -3.74. The van der Waals surface area contributed by atoms with E-state index < -0.39 is 29.9 Å². The number of benzene rings is 3. The van der Waals surface area contributed by atoms with Crippen LogP contribution in [0.15, 0.2) is 71.7 Å². The Morgan fingerprint density at radius 1 is 1.05 bits per heavy atom. The topological polar surface area (TPSA) is 68.9 Å². The van der Waals surface area contributed by atoms with Crippen molar-refractivity contribution >= 4 is 35.1 Å². The summed E-state index contributed by atoms with van der Waals surface area (Å²) in [5.41, 5.74) is 0.719. The van der Waals surface area contributed by atoms with E-state index in [0.717, 1.165) is 17.7 Å². The van der Waals surface area contributed by atoms with E-state index in [1.54, 1.807) is 55.5 Å². The van der Waals surface area contributed by atoms with Crippen LogP contribution in [-0.4, -0.2) is 41.9 Å². The molecular formula is C28H23Cl2F3N4O2. The number of nitrogens with zero attached hydrogens (tertiary/aromatic N) is 4. The Balaban J connectivity index is 1.96. The van der Waals surface area contributed by atoms with Crippen molar-refractivity contribution in [3.05, 3.63) is 99.0 Å². The van der Waals surface area contributed by atoms with Crippen molar-refractivity contribution in [2.75, 3.05) is 20.2 Å². The lowest BCUT2D eigenvalue weighted by Gasteiger charge is -2.32. The maximum Gasteiger partial charge on any atom is 0.416 e. The number of hydrogen-bond acceptors (Lipinski definition) is 4. The first-order valence-electron chi connectivity index (χ1n) is 11.9. The highest BCUT2D eigenvalue weighted by molar-refractivity contribution is 6.30. The number of halogens is 5. The molecule has 0 N–H and O–H groups in total. The molecule has 2 amide bonds. The number of urea groups is 1. The number of hydrogen-bond donors (Lipinski definition) is 0. The van der Waals surface area contributed by atoms with Crippen molar-refractivity contribution in [1.29, 1.82) is 5.26 Å². The molecule has 0 spiro atoms. The van der Waals surface area contributed by atoms with Gasteiger partial charge >= 0.3 is 12.2 Å². The van der Waals surface area contributed by atoms with Gasteiger partial charge in [0.05, 0.1) is 29.8 Å². The van der Waals surface area contributed by atoms with E-state index in [1.807, 2.05) is 6.07 Å². The number of alkyl halides is 3. The van der Waals surface area contributed by atoms with Crippen LogP contribution in [-0.2, 0) is 6.18 Å². The van der Waals surface area contributed by atoms with E-state index >= 15 is 0 Å². The van der Waals surface area contributed by atoms with Crippen LogP contribution in [0.4, 0.5) is 18.0 Å². The van der Waals surface area contributed by atoms with Crippen molar-refractivity contribution in [3.63, 3.8) is 0 Å². The van der Waals surface area contributed by atoms with Gasteiger partial charge in [0.15, 0.2) is 0 Å². The van der Waals surface area contributed by atoms with Gasteiger partial charge in [0.25, 0.3) is 0 Å². The summed E-state index contributed by atoms with van der Waals surface area (Å²) >= 11 is 12.3. The number of carbonyl (C=O) groups excluding carboxylic acids is 1. The van der Waals surface area contributed by atoms with Crippen LogP contribution in [0.2, 0.25) is 10.0 Å². The van der Waals surface area contributed by atoms with E-state index in [2.05, 4.69) is 0 Å². The van der Waals surface area contributed by atoms with Crippen LogP contribution < -0.4 is 4.74 Å². The van der Waals surface area contributed by atoms with Crippen LogP contribution in [0.25, 0.3) is 0 Å². The Kier molecular flexibility index (Phi) is 8.38. The van der Waals surface area contributed by atoms with E-state index in [-0.39, 0.29) is 30.3 Å². The van der Waals surface area contributed by atoms with Crippen molar-refractivity contribution in [1.82, 2.24) is 9.80 Å². The molecule has 0 radical (unpaired) electrons. The number of amidine groups is 1. The SMILES string of the molecule is CCOc1cc(C(F)(F)F)ccc1C1=NC(c2ccc(Cl)cc2)C(c2ccc(Cl)cc2)N1C(=O)N(C)CC#N. The number of aliphatic imine (C=N–C) groups is 1. The molecule has 39 heavy (non-hydrogen) atoms. The zero-order chi connectivity index (χ0) is 28.3. The molecule has 2 atom stereocenters. The minimum Gasteiger partial charge on any atom is -0.493 e. The van der Waals surface area contributed by atoms with Crippen molar-refractivity contribution in [2.45, 2.75) is 25.2 Å². The predicted octanol–water partition coefficient (Wildman–Crippen LogP) is 7.53. The molecular weight excluding hydrogens is 552 g/mol. The van der Waals surface area contributed by atoms with Gasteiger partial charge in [-0.3, -0.25) is 9.89 Å². The van der Waals surface area contributed by atoms with Crippen LogP contribution >= 0.6 is 23.2 Å². The first-order chi connectivity index (χ1) is 18.5. The van der Waals surface area contributed by atoms with Crippen LogP contribution in [0.5, 0.6) is 5.75 Å². The highest BCUT2D eigenvalue weighted by Gasteiger charge is 2.44. The van der Waals surface area contributed by atoms with Gasteiger partial charge in [0, 0.05) is 17.1 Å². The highest BCUT2D eigenvalue weighted by atomic mass is 35.5. The van der Waals surface area contributed by atoms with Gasteiger partial charge in [-0.1, -0.05) is 47.5 Å². The summed E-state index contributed by atoms with van der Waals surface area (Å²) in [6.07, 6.45) is -4.60. The lowest BCUT2D eigenvalue weighted by Crippen LogP contribution is -2.45. The molecule has 3 aromatic rings. The second-order valence-electron chi connectivity index (χ2n) is 8.75. The number of amides is 2. The maximum atomic E-state index is 13.8. The van der Waals surface area contributed by atoms with E-state index in [4.69, 9.17) is 32.9 Å². The van der Waals surface area contributed by atoms with Crippen molar-refractivity contribution in [3.8, 4) is 11.8 Å². The molecule has 3 aromatic carbocycles. The van der Waals surface area contributed by atoms with Crippen molar-refractivity contribution < 1.29 is 22.7 Å². The highest BCUT2D eigenvalue weighted by Crippen LogP contribution is 2.46. The minimum absolute atomic E-state index is 0.0709. The summed E-state index contributed by atoms with van der Waals surface area (Å²) in [7, 11) is 1.47. The lowest BCUT2D eigenvalue weighted by molar-refractivity contribution is -0.137. The van der Waals surface area contributed by atoms with Gasteiger partial charge < -0.3 is 9.64 Å². The second-order valence-corrected chi connectivity index (χ2v) is 9.63. The average Bonchev–Trinajstić information content (AvgIpc) is 3.29. The molecule has 0 saturated heterocycles. The summed E-state index contributed by atoms with van der Waals surface area (Å²) in [6.45, 7) is 1.52. The molecule has 6 nitrogen and oxygen atoms in total. The third-order valence-electron chi connectivity index (χ3n) is 6.18. The second kappa shape index (κ2) is 11.6. The fraction of sp³-hybridized carbons (Fsp3) is 0.250. The first kappa shape index (κ1) is 28.3. The minimum atomic E-state index is -4.60. The summed E-state index contributed by atoms with van der Waals surface area (Å²) in [6, 6.07) is 16.9. The summed E-state index contributed by atoms with van der Waals surface area (Å²) in [5, 5.41) is 10.2. The van der Waals surface area contributed by atoms with Gasteiger partial charge in [-0.05, 0) is 60.5 Å². The molecule has 2 unspecified atom stereocenters. The summed E-state index contributed by atoms with van der Waals surface area (Å²) < 4.78 is 46.2. The first-order valence-corrected chi connectivity index (χ1v) is 12.6. The number of rotatable bonds is 6. The number of carbonyl (C=O) groups is 1. The molecule has 202 valence electrons. The fourth-order valence-corrected chi connectivity index (χ4v) is 4.62. The normalized spacial score (nSPS) is 17.0. The molecule has 11 heteroatoms. The van der Waals surface area contributed by atoms with Gasteiger partial charge in [-0.25, -0.2) is 4.79 Å². The van der Waals surface area contributed by atoms with Gasteiger partial charge in [0.2, 0.25) is 0 Å². The molecule has 1 aliphatic rings. The zero-order valence-corrected chi connectivity index (χ0v) is 22.4. The fourth-order valence-electron chi connectivity index (χ4n) is 4.37. The molecule has 0 bridgehead atoms. The Labute approximate surface area is 233 Å². The van der Waals surface area contributed by atoms with Gasteiger partial charge in [-0.2, -0.15) is 18.4 Å². The zero-order valence-electron chi connectivity index (χ0n) is 20.9. The Morgan fingerprint density at radius 3 is 2.18 bits per heavy atom. The Bertz CT molecular complexity index is 1420. The average molecular weight is 575 g/mol. The van der Waals surface area contributed by atoms with Gasteiger partial charge in [0.1, 0.15) is 24.2 Å². The molecule has 1 heterocycles. The van der Waals surface area contributed by atoms with Gasteiger partial charge in [-0.15, -0.1) is 0 Å². The van der Waals surface area contributed by atoms with E-state index in [9.17, 15) is 23.2 Å². The Morgan fingerprint density at radius 2 is 1.64 bits per heavy atom. The quantitative estimate of drug-likeness (QED) is 0.286. The molecule has 0 fully saturated rings. The predicted molar refractivity (Wildman–Crippen MR) is 143 cm³/mol. The molecule has 0 aromatic heterocycles. The maximum absolute atomic E-state index is 13.8. The molecule has 1 aliphatic heterocycles. The van der Waals surface area contributed by atoms with Crippen LogP contribution in [0.3, 0.4) is 0 Å². The largest absolute Gasteiger partial charge is 0.493 e. The van der Waals surface area contributed by atoms with Crippen LogP contribution in [0, 0.1) is 11.3 Å². The molecule has 0 aliphatic carbocycles. The molecule has 0 saturated carbocycles. The van der Waals surface area contributed by atoms with Crippen LogP contribution in [0.1, 0.15) is 41.3 Å². The third kappa shape index (κ3) is 5.97. The monoisotopic (exact) mass is 574 g/mol. The number of nitriles is 1. The third-order valence-corrected chi connectivity index (χ3v) is 6.68. The van der Waals surface area contributed by atoms with E-state index in [1.165, 1.54) is 22.9 Å². The van der Waals surface area contributed by atoms with Crippen molar-refractivity contribution in [2.24, 2.45) is 4.99 Å².